The molecule has 4 aromatic rings. The van der Waals surface area contributed by atoms with Crippen LogP contribution in [0.4, 0.5) is 0 Å². The number of benzene rings is 1. The standard InChI is InChI=1S/C19H19ClN6O2/c1-12-13(2)25(7-8-27)18-17(12)19-23-16(24-26(19)11-21-18)10-28-22-9-14-3-5-15(20)6-4-14/h3-6,9,11,27H,7-8,10H2,1-2H3. The van der Waals surface area contributed by atoms with E-state index in [0.29, 0.717) is 23.0 Å². The zero-order valence-corrected chi connectivity index (χ0v) is 16.3. The summed E-state index contributed by atoms with van der Waals surface area (Å²) in [6, 6.07) is 7.28. The Morgan fingerprint density at radius 1 is 1.21 bits per heavy atom. The molecule has 9 heteroatoms. The topological polar surface area (TPSA) is 89.8 Å². The highest BCUT2D eigenvalue weighted by Crippen LogP contribution is 2.26. The van der Waals surface area contributed by atoms with Crippen LogP contribution in [0.3, 0.4) is 0 Å². The van der Waals surface area contributed by atoms with Crippen molar-refractivity contribution in [3.8, 4) is 0 Å². The number of halogens is 1. The van der Waals surface area contributed by atoms with Crippen molar-refractivity contribution in [3.05, 3.63) is 58.3 Å². The van der Waals surface area contributed by atoms with Gasteiger partial charge >= 0.3 is 0 Å². The molecule has 4 rings (SSSR count). The van der Waals surface area contributed by atoms with Crippen molar-refractivity contribution in [1.29, 1.82) is 0 Å². The summed E-state index contributed by atoms with van der Waals surface area (Å²) in [6.07, 6.45) is 3.23. The van der Waals surface area contributed by atoms with Gasteiger partial charge in [0, 0.05) is 17.3 Å². The first-order valence-corrected chi connectivity index (χ1v) is 9.17. The lowest BCUT2D eigenvalue weighted by atomic mass is 10.2. The fraction of sp³-hybridized carbons (Fsp3) is 0.263. The Balaban J connectivity index is 1.58. The zero-order chi connectivity index (χ0) is 19.7. The van der Waals surface area contributed by atoms with E-state index in [-0.39, 0.29) is 13.2 Å². The third-order valence-corrected chi connectivity index (χ3v) is 4.91. The first-order valence-electron chi connectivity index (χ1n) is 8.80. The number of aryl methyl sites for hydroxylation is 1. The van der Waals surface area contributed by atoms with Gasteiger partial charge < -0.3 is 14.5 Å². The third-order valence-electron chi connectivity index (χ3n) is 4.65. The molecule has 3 heterocycles. The number of aromatic nitrogens is 5. The maximum absolute atomic E-state index is 9.33. The average Bonchev–Trinajstić information content (AvgIpc) is 3.21. The van der Waals surface area contributed by atoms with E-state index in [1.807, 2.05) is 30.5 Å². The van der Waals surface area contributed by atoms with Gasteiger partial charge in [-0.05, 0) is 37.1 Å². The molecule has 1 aromatic carbocycles. The van der Waals surface area contributed by atoms with Crippen molar-refractivity contribution in [3.63, 3.8) is 0 Å². The molecule has 0 saturated heterocycles. The average molecular weight is 399 g/mol. The van der Waals surface area contributed by atoms with Gasteiger partial charge in [-0.3, -0.25) is 0 Å². The molecule has 0 amide bonds. The molecule has 0 bridgehead atoms. The predicted molar refractivity (Wildman–Crippen MR) is 107 cm³/mol. The Morgan fingerprint density at radius 2 is 2.00 bits per heavy atom. The summed E-state index contributed by atoms with van der Waals surface area (Å²) >= 11 is 5.86. The number of aliphatic hydroxyl groups excluding tert-OH is 1. The minimum absolute atomic E-state index is 0.0499. The molecule has 0 unspecified atom stereocenters. The van der Waals surface area contributed by atoms with Crippen LogP contribution < -0.4 is 0 Å². The molecule has 1 N–H and O–H groups in total. The Kier molecular flexibility index (Phi) is 4.97. The number of fused-ring (bicyclic) bond motifs is 3. The smallest absolute Gasteiger partial charge is 0.192 e. The summed E-state index contributed by atoms with van der Waals surface area (Å²) in [4.78, 5) is 14.4. The first kappa shape index (κ1) is 18.4. The van der Waals surface area contributed by atoms with Gasteiger partial charge in [0.1, 0.15) is 12.0 Å². The molecule has 3 aromatic heterocycles. The molecule has 0 aliphatic rings. The van der Waals surface area contributed by atoms with Crippen molar-refractivity contribution in [2.24, 2.45) is 5.16 Å². The monoisotopic (exact) mass is 398 g/mol. The summed E-state index contributed by atoms with van der Waals surface area (Å²) in [5.74, 6) is 0.509. The third kappa shape index (κ3) is 3.32. The van der Waals surface area contributed by atoms with Crippen LogP contribution >= 0.6 is 11.6 Å². The van der Waals surface area contributed by atoms with E-state index in [9.17, 15) is 5.11 Å². The van der Waals surface area contributed by atoms with Crippen LogP contribution in [0.5, 0.6) is 0 Å². The van der Waals surface area contributed by atoms with Crippen LogP contribution in [-0.2, 0) is 18.0 Å². The molecule has 8 nitrogen and oxygen atoms in total. The Bertz CT molecular complexity index is 1160. The minimum Gasteiger partial charge on any atom is -0.395 e. The molecule has 0 radical (unpaired) electrons. The quantitative estimate of drug-likeness (QED) is 0.398. The molecule has 0 fully saturated rings. The van der Waals surface area contributed by atoms with Crippen molar-refractivity contribution in [1.82, 2.24) is 24.1 Å². The Morgan fingerprint density at radius 3 is 2.75 bits per heavy atom. The van der Waals surface area contributed by atoms with Gasteiger partial charge in [0.25, 0.3) is 0 Å². The largest absolute Gasteiger partial charge is 0.395 e. The molecular formula is C19H19ClN6O2. The van der Waals surface area contributed by atoms with E-state index in [4.69, 9.17) is 16.4 Å². The SMILES string of the molecule is Cc1c(C)n(CCO)c2ncn3nc(CON=Cc4ccc(Cl)cc4)nc3c12. The maximum atomic E-state index is 9.33. The number of nitrogens with zero attached hydrogens (tertiary/aromatic N) is 6. The lowest BCUT2D eigenvalue weighted by molar-refractivity contribution is 0.126. The van der Waals surface area contributed by atoms with Gasteiger partial charge in [0.2, 0.25) is 0 Å². The van der Waals surface area contributed by atoms with E-state index in [1.54, 1.807) is 29.2 Å². The van der Waals surface area contributed by atoms with E-state index in [0.717, 1.165) is 27.9 Å². The second-order valence-electron chi connectivity index (χ2n) is 6.38. The summed E-state index contributed by atoms with van der Waals surface area (Å²) < 4.78 is 3.63. The normalized spacial score (nSPS) is 11.9. The van der Waals surface area contributed by atoms with Crippen molar-refractivity contribution in [2.45, 2.75) is 27.0 Å². The molecule has 0 atom stereocenters. The van der Waals surface area contributed by atoms with Crippen LogP contribution in [0.15, 0.2) is 35.7 Å². The highest BCUT2D eigenvalue weighted by molar-refractivity contribution is 6.30. The Hall–Kier alpha value is -2.97. The van der Waals surface area contributed by atoms with Gasteiger partial charge in [-0.2, -0.15) is 0 Å². The zero-order valence-electron chi connectivity index (χ0n) is 15.5. The van der Waals surface area contributed by atoms with Crippen LogP contribution in [0.1, 0.15) is 22.6 Å². The molecule has 0 aliphatic carbocycles. The highest BCUT2D eigenvalue weighted by Gasteiger charge is 2.17. The van der Waals surface area contributed by atoms with Crippen LogP contribution in [0.2, 0.25) is 5.02 Å². The second-order valence-corrected chi connectivity index (χ2v) is 6.82. The summed E-state index contributed by atoms with van der Waals surface area (Å²) in [6.45, 7) is 4.71. The molecule has 28 heavy (non-hydrogen) atoms. The number of rotatable bonds is 6. The van der Waals surface area contributed by atoms with E-state index >= 15 is 0 Å². The van der Waals surface area contributed by atoms with Gasteiger partial charge in [-0.25, -0.2) is 14.5 Å². The fourth-order valence-electron chi connectivity index (χ4n) is 3.15. The molecule has 0 spiro atoms. The van der Waals surface area contributed by atoms with E-state index in [1.165, 1.54) is 0 Å². The van der Waals surface area contributed by atoms with Crippen molar-refractivity contribution >= 4 is 34.5 Å². The van der Waals surface area contributed by atoms with Gasteiger partial charge in [-0.1, -0.05) is 28.9 Å². The molecule has 0 aliphatic heterocycles. The Labute approximate surface area is 166 Å². The summed E-state index contributed by atoms with van der Waals surface area (Å²) in [5, 5.41) is 19.3. The number of hydrogen-bond donors (Lipinski definition) is 1. The summed E-state index contributed by atoms with van der Waals surface area (Å²) in [5.41, 5.74) is 4.51. The maximum Gasteiger partial charge on any atom is 0.192 e. The van der Waals surface area contributed by atoms with Gasteiger partial charge in [-0.15, -0.1) is 5.10 Å². The number of oxime groups is 1. The molecule has 0 saturated carbocycles. The number of aliphatic hydroxyl groups is 1. The summed E-state index contributed by atoms with van der Waals surface area (Å²) in [7, 11) is 0. The van der Waals surface area contributed by atoms with Crippen LogP contribution in [-0.4, -0.2) is 42.1 Å². The second kappa shape index (κ2) is 7.57. The van der Waals surface area contributed by atoms with Crippen molar-refractivity contribution in [2.75, 3.05) is 6.61 Å². The van der Waals surface area contributed by atoms with Crippen molar-refractivity contribution < 1.29 is 9.94 Å². The minimum atomic E-state index is 0.0499. The van der Waals surface area contributed by atoms with E-state index < -0.39 is 0 Å². The highest BCUT2D eigenvalue weighted by atomic mass is 35.5. The van der Waals surface area contributed by atoms with Crippen LogP contribution in [0, 0.1) is 13.8 Å². The lowest BCUT2D eigenvalue weighted by Gasteiger charge is -2.04. The van der Waals surface area contributed by atoms with Crippen LogP contribution in [0.25, 0.3) is 16.7 Å². The van der Waals surface area contributed by atoms with Gasteiger partial charge in [0.05, 0.1) is 18.2 Å². The fourth-order valence-corrected chi connectivity index (χ4v) is 3.28. The van der Waals surface area contributed by atoms with E-state index in [2.05, 4.69) is 20.2 Å². The number of hydrogen-bond acceptors (Lipinski definition) is 6. The van der Waals surface area contributed by atoms with Gasteiger partial charge in [0.15, 0.2) is 18.1 Å². The predicted octanol–water partition coefficient (Wildman–Crippen LogP) is 2.89. The first-order chi connectivity index (χ1) is 13.6. The molecular weight excluding hydrogens is 380 g/mol. The molecule has 144 valence electrons. The lowest BCUT2D eigenvalue weighted by Crippen LogP contribution is -2.05.